The summed E-state index contributed by atoms with van der Waals surface area (Å²) in [6, 6.07) is 0. The maximum absolute atomic E-state index is 12.5. The molecule has 0 radical (unpaired) electrons. The molecule has 0 atom stereocenters. The van der Waals surface area contributed by atoms with Crippen molar-refractivity contribution in [2.24, 2.45) is 5.92 Å². The number of nitrogens with one attached hydrogen (secondary N) is 2. The fourth-order valence-electron chi connectivity index (χ4n) is 3.35. The van der Waals surface area contributed by atoms with Crippen LogP contribution in [0.25, 0.3) is 0 Å². The molecule has 0 bridgehead atoms. The van der Waals surface area contributed by atoms with Crippen molar-refractivity contribution < 1.29 is 14.0 Å². The zero-order valence-corrected chi connectivity index (χ0v) is 14.1. The SMILES string of the molecule is O=C(NCc1cnn(CC2CCC2)c1)c1coc2c1C(=O)NCCC2. The number of amides is 2. The molecule has 7 heteroatoms. The molecule has 4 rings (SSSR count). The Hall–Kier alpha value is -2.57. The Balaban J connectivity index is 1.39. The van der Waals surface area contributed by atoms with Crippen LogP contribution in [-0.4, -0.2) is 28.1 Å². The third-order valence-electron chi connectivity index (χ3n) is 5.01. The lowest BCUT2D eigenvalue weighted by atomic mass is 9.85. The van der Waals surface area contributed by atoms with Crippen molar-refractivity contribution >= 4 is 11.8 Å². The molecular weight excluding hydrogens is 320 g/mol. The highest BCUT2D eigenvalue weighted by Gasteiger charge is 2.26. The molecule has 1 fully saturated rings. The molecule has 132 valence electrons. The van der Waals surface area contributed by atoms with Crippen molar-refractivity contribution in [3.8, 4) is 0 Å². The Morgan fingerprint density at radius 1 is 1.40 bits per heavy atom. The second-order valence-electron chi connectivity index (χ2n) is 6.86. The molecule has 25 heavy (non-hydrogen) atoms. The molecule has 2 aromatic heterocycles. The number of aryl methyl sites for hydroxylation is 1. The topological polar surface area (TPSA) is 89.2 Å². The minimum atomic E-state index is -0.297. The number of hydrogen-bond acceptors (Lipinski definition) is 4. The monoisotopic (exact) mass is 342 g/mol. The van der Waals surface area contributed by atoms with Gasteiger partial charge in [0.05, 0.1) is 17.3 Å². The molecule has 0 unspecified atom stereocenters. The molecule has 3 heterocycles. The Kier molecular flexibility index (Phi) is 4.29. The molecule has 0 spiro atoms. The van der Waals surface area contributed by atoms with Crippen LogP contribution in [-0.2, 0) is 19.5 Å². The molecule has 1 aliphatic carbocycles. The first-order valence-corrected chi connectivity index (χ1v) is 8.89. The lowest BCUT2D eigenvalue weighted by Gasteiger charge is -2.24. The summed E-state index contributed by atoms with van der Waals surface area (Å²) >= 11 is 0. The van der Waals surface area contributed by atoms with E-state index in [2.05, 4.69) is 15.7 Å². The van der Waals surface area contributed by atoms with Crippen LogP contribution in [0.4, 0.5) is 0 Å². The molecule has 2 aromatic rings. The van der Waals surface area contributed by atoms with E-state index in [1.807, 2.05) is 10.9 Å². The van der Waals surface area contributed by atoms with Gasteiger partial charge < -0.3 is 15.1 Å². The van der Waals surface area contributed by atoms with Crippen LogP contribution >= 0.6 is 0 Å². The van der Waals surface area contributed by atoms with Crippen LogP contribution in [0.2, 0.25) is 0 Å². The number of hydrogen-bond donors (Lipinski definition) is 2. The summed E-state index contributed by atoms with van der Waals surface area (Å²) < 4.78 is 7.39. The summed E-state index contributed by atoms with van der Waals surface area (Å²) in [6.45, 7) is 1.93. The molecule has 1 aliphatic heterocycles. The van der Waals surface area contributed by atoms with Crippen molar-refractivity contribution in [3.05, 3.63) is 41.1 Å². The summed E-state index contributed by atoms with van der Waals surface area (Å²) in [4.78, 5) is 24.6. The van der Waals surface area contributed by atoms with Gasteiger partial charge in [0.15, 0.2) is 0 Å². The summed E-state index contributed by atoms with van der Waals surface area (Å²) in [5, 5.41) is 10.0. The van der Waals surface area contributed by atoms with Gasteiger partial charge in [-0.05, 0) is 25.2 Å². The van der Waals surface area contributed by atoms with E-state index in [4.69, 9.17) is 4.42 Å². The van der Waals surface area contributed by atoms with Gasteiger partial charge in [-0.15, -0.1) is 0 Å². The van der Waals surface area contributed by atoms with Crippen molar-refractivity contribution in [1.29, 1.82) is 0 Å². The van der Waals surface area contributed by atoms with Crippen molar-refractivity contribution in [2.45, 2.75) is 45.2 Å². The third kappa shape index (κ3) is 3.31. The van der Waals surface area contributed by atoms with Crippen LogP contribution in [0.15, 0.2) is 23.1 Å². The normalized spacial score (nSPS) is 17.4. The van der Waals surface area contributed by atoms with Gasteiger partial charge in [-0.3, -0.25) is 14.3 Å². The molecule has 1 saturated carbocycles. The van der Waals surface area contributed by atoms with Crippen LogP contribution in [0.5, 0.6) is 0 Å². The fraction of sp³-hybridized carbons (Fsp3) is 0.500. The second kappa shape index (κ2) is 6.74. The van der Waals surface area contributed by atoms with Crippen molar-refractivity contribution in [3.63, 3.8) is 0 Å². The number of rotatable bonds is 5. The van der Waals surface area contributed by atoms with E-state index in [0.717, 1.165) is 24.4 Å². The molecule has 2 aliphatic rings. The predicted octanol–water partition coefficient (Wildman–Crippen LogP) is 1.88. The van der Waals surface area contributed by atoms with E-state index in [-0.39, 0.29) is 11.8 Å². The lowest BCUT2D eigenvalue weighted by Crippen LogP contribution is -2.28. The summed E-state index contributed by atoms with van der Waals surface area (Å²) in [6.07, 6.45) is 10.5. The van der Waals surface area contributed by atoms with Crippen molar-refractivity contribution in [2.75, 3.05) is 6.54 Å². The van der Waals surface area contributed by atoms with Crippen LogP contribution in [0.1, 0.15) is 57.7 Å². The van der Waals surface area contributed by atoms with E-state index in [0.29, 0.717) is 36.4 Å². The molecule has 0 saturated heterocycles. The Bertz CT molecular complexity index is 788. The second-order valence-corrected chi connectivity index (χ2v) is 6.86. The minimum absolute atomic E-state index is 0.236. The predicted molar refractivity (Wildman–Crippen MR) is 90.1 cm³/mol. The number of furan rings is 1. The van der Waals surface area contributed by atoms with E-state index in [1.165, 1.54) is 25.5 Å². The highest BCUT2D eigenvalue weighted by molar-refractivity contribution is 6.07. The van der Waals surface area contributed by atoms with Gasteiger partial charge in [-0.25, -0.2) is 0 Å². The Labute approximate surface area is 145 Å². The first kappa shape index (κ1) is 15.9. The molecule has 2 N–H and O–H groups in total. The van der Waals surface area contributed by atoms with Crippen molar-refractivity contribution in [1.82, 2.24) is 20.4 Å². The average molecular weight is 342 g/mol. The number of nitrogens with zero attached hydrogens (tertiary/aromatic N) is 2. The first-order valence-electron chi connectivity index (χ1n) is 8.89. The quantitative estimate of drug-likeness (QED) is 0.868. The summed E-state index contributed by atoms with van der Waals surface area (Å²) in [5.41, 5.74) is 1.62. The molecule has 0 aromatic carbocycles. The van der Waals surface area contributed by atoms with Gasteiger partial charge in [0, 0.05) is 37.8 Å². The Morgan fingerprint density at radius 3 is 3.08 bits per heavy atom. The number of carbonyl (C=O) groups excluding carboxylic acids is 2. The summed E-state index contributed by atoms with van der Waals surface area (Å²) in [7, 11) is 0. The standard InChI is InChI=1S/C18H22N4O3/c23-17(14-11-25-15-5-2-6-19-18(24)16(14)15)20-7-13-8-21-22(10-13)9-12-3-1-4-12/h8,10-12H,1-7,9H2,(H,19,24)(H,20,23). The van der Waals surface area contributed by atoms with E-state index >= 15 is 0 Å². The third-order valence-corrected chi connectivity index (χ3v) is 5.01. The van der Waals surface area contributed by atoms with Gasteiger partial charge in [-0.2, -0.15) is 5.10 Å². The smallest absolute Gasteiger partial charge is 0.255 e. The largest absolute Gasteiger partial charge is 0.468 e. The average Bonchev–Trinajstić information content (AvgIpc) is 3.15. The van der Waals surface area contributed by atoms with E-state index in [1.54, 1.807) is 6.20 Å². The maximum Gasteiger partial charge on any atom is 0.255 e. The summed E-state index contributed by atoms with van der Waals surface area (Å²) in [5.74, 6) is 0.796. The van der Waals surface area contributed by atoms with Gasteiger partial charge >= 0.3 is 0 Å². The van der Waals surface area contributed by atoms with Crippen LogP contribution in [0.3, 0.4) is 0 Å². The zero-order chi connectivity index (χ0) is 17.2. The number of carbonyl (C=O) groups is 2. The Morgan fingerprint density at radius 2 is 2.28 bits per heavy atom. The van der Waals surface area contributed by atoms with Gasteiger partial charge in [-0.1, -0.05) is 6.42 Å². The molecular formula is C18H22N4O3. The van der Waals surface area contributed by atoms with Crippen LogP contribution in [0, 0.1) is 5.92 Å². The first-order chi connectivity index (χ1) is 12.2. The van der Waals surface area contributed by atoms with Crippen LogP contribution < -0.4 is 10.6 Å². The lowest BCUT2D eigenvalue weighted by molar-refractivity contribution is 0.0920. The fourth-order valence-corrected chi connectivity index (χ4v) is 3.35. The zero-order valence-electron chi connectivity index (χ0n) is 14.1. The van der Waals surface area contributed by atoms with E-state index < -0.39 is 0 Å². The minimum Gasteiger partial charge on any atom is -0.468 e. The number of aromatic nitrogens is 2. The number of fused-ring (bicyclic) bond motifs is 1. The molecule has 2 amide bonds. The highest BCUT2D eigenvalue weighted by atomic mass is 16.3. The maximum atomic E-state index is 12.5. The van der Waals surface area contributed by atoms with Gasteiger partial charge in [0.2, 0.25) is 0 Å². The van der Waals surface area contributed by atoms with Gasteiger partial charge in [0.1, 0.15) is 12.0 Å². The highest BCUT2D eigenvalue weighted by Crippen LogP contribution is 2.27. The van der Waals surface area contributed by atoms with Gasteiger partial charge in [0.25, 0.3) is 11.8 Å². The molecule has 7 nitrogen and oxygen atoms in total. The van der Waals surface area contributed by atoms with E-state index in [9.17, 15) is 9.59 Å².